The second-order valence-corrected chi connectivity index (χ2v) is 3.73. The first-order valence-electron chi connectivity index (χ1n) is 5.08. The van der Waals surface area contributed by atoms with Gasteiger partial charge in [0.1, 0.15) is 5.75 Å². The molecule has 17 heavy (non-hydrogen) atoms. The van der Waals surface area contributed by atoms with Crippen molar-refractivity contribution < 1.29 is 14.5 Å². The van der Waals surface area contributed by atoms with Crippen molar-refractivity contribution in [2.75, 3.05) is 6.61 Å². The zero-order chi connectivity index (χ0) is 13.0. The van der Waals surface area contributed by atoms with Crippen LogP contribution in [0.5, 0.6) is 5.75 Å². The van der Waals surface area contributed by atoms with E-state index >= 15 is 0 Å². The molecule has 0 saturated heterocycles. The van der Waals surface area contributed by atoms with Crippen molar-refractivity contribution in [3.63, 3.8) is 0 Å². The van der Waals surface area contributed by atoms with Crippen LogP contribution < -0.4 is 10.5 Å². The average molecular weight is 238 g/mol. The van der Waals surface area contributed by atoms with Crippen molar-refractivity contribution in [2.24, 2.45) is 5.73 Å². The monoisotopic (exact) mass is 238 g/mol. The number of benzene rings is 1. The van der Waals surface area contributed by atoms with E-state index in [1.807, 2.05) is 0 Å². The highest BCUT2D eigenvalue weighted by molar-refractivity contribution is 5.73. The molecule has 0 bridgehead atoms. The largest absolute Gasteiger partial charge is 0.493 e. The lowest BCUT2D eigenvalue weighted by Crippen LogP contribution is -2.14. The maximum absolute atomic E-state index is 10.7. The van der Waals surface area contributed by atoms with Crippen LogP contribution >= 0.6 is 0 Å². The molecule has 6 nitrogen and oxygen atoms in total. The Bertz CT molecular complexity index is 457. The van der Waals surface area contributed by atoms with Gasteiger partial charge in [-0.25, -0.2) is 0 Å². The summed E-state index contributed by atoms with van der Waals surface area (Å²) in [5.41, 5.74) is 6.22. The topological polar surface area (TPSA) is 95.5 Å². The van der Waals surface area contributed by atoms with Gasteiger partial charge in [-0.15, -0.1) is 0 Å². The Morgan fingerprint density at radius 1 is 1.41 bits per heavy atom. The number of carbonyl (C=O) groups is 1. The number of primary amides is 1. The van der Waals surface area contributed by atoms with E-state index in [-0.39, 0.29) is 18.7 Å². The van der Waals surface area contributed by atoms with Crippen molar-refractivity contribution in [3.05, 3.63) is 33.4 Å². The molecule has 0 aliphatic rings. The predicted molar refractivity (Wildman–Crippen MR) is 61.9 cm³/mol. The van der Waals surface area contributed by atoms with Gasteiger partial charge in [-0.2, -0.15) is 0 Å². The Labute approximate surface area is 98.5 Å². The smallest absolute Gasteiger partial charge is 0.272 e. The van der Waals surface area contributed by atoms with Crippen molar-refractivity contribution in [1.82, 2.24) is 0 Å². The number of nitrogens with zero attached hydrogens (tertiary/aromatic N) is 1. The molecule has 1 rings (SSSR count). The summed E-state index contributed by atoms with van der Waals surface area (Å²) < 4.78 is 5.34. The van der Waals surface area contributed by atoms with Gasteiger partial charge < -0.3 is 10.5 Å². The van der Waals surface area contributed by atoms with Crippen molar-refractivity contribution in [3.8, 4) is 5.75 Å². The molecular weight excluding hydrogens is 224 g/mol. The number of rotatable bonds is 5. The number of carbonyl (C=O) groups excluding carboxylic acids is 1. The Morgan fingerprint density at radius 3 is 2.59 bits per heavy atom. The van der Waals surface area contributed by atoms with E-state index in [2.05, 4.69) is 0 Å². The summed E-state index contributed by atoms with van der Waals surface area (Å²) in [4.78, 5) is 20.8. The first-order chi connectivity index (χ1) is 7.91. The van der Waals surface area contributed by atoms with Crippen LogP contribution in [0.25, 0.3) is 0 Å². The number of ether oxygens (including phenoxy) is 1. The summed E-state index contributed by atoms with van der Waals surface area (Å²) in [6, 6.07) is 3.05. The first-order valence-corrected chi connectivity index (χ1v) is 5.08. The summed E-state index contributed by atoms with van der Waals surface area (Å²) >= 11 is 0. The fourth-order valence-electron chi connectivity index (χ4n) is 1.39. The number of hydrogen-bond donors (Lipinski definition) is 1. The zero-order valence-corrected chi connectivity index (χ0v) is 9.73. The van der Waals surface area contributed by atoms with Crippen LogP contribution in [0.4, 0.5) is 5.69 Å². The van der Waals surface area contributed by atoms with Gasteiger partial charge in [0.15, 0.2) is 0 Å². The number of nitrogens with two attached hydrogens (primary N) is 1. The Hall–Kier alpha value is -2.11. The molecule has 6 heteroatoms. The zero-order valence-electron chi connectivity index (χ0n) is 9.73. The van der Waals surface area contributed by atoms with E-state index in [4.69, 9.17) is 10.5 Å². The lowest BCUT2D eigenvalue weighted by Gasteiger charge is -2.09. The van der Waals surface area contributed by atoms with Crippen molar-refractivity contribution in [2.45, 2.75) is 20.3 Å². The van der Waals surface area contributed by atoms with E-state index in [9.17, 15) is 14.9 Å². The summed E-state index contributed by atoms with van der Waals surface area (Å²) in [5, 5.41) is 10.7. The van der Waals surface area contributed by atoms with Crippen molar-refractivity contribution in [1.29, 1.82) is 0 Å². The van der Waals surface area contributed by atoms with E-state index in [0.717, 1.165) is 0 Å². The molecule has 0 aliphatic carbocycles. The van der Waals surface area contributed by atoms with Crippen LogP contribution in [-0.4, -0.2) is 17.4 Å². The van der Waals surface area contributed by atoms with Crippen LogP contribution in [0.2, 0.25) is 0 Å². The highest BCUT2D eigenvalue weighted by Crippen LogP contribution is 2.27. The molecule has 2 N–H and O–H groups in total. The predicted octanol–water partition coefficient (Wildman–Crippen LogP) is 1.47. The van der Waals surface area contributed by atoms with Crippen LogP contribution in [0.3, 0.4) is 0 Å². The molecule has 92 valence electrons. The van der Waals surface area contributed by atoms with Crippen LogP contribution in [0.1, 0.15) is 17.5 Å². The van der Waals surface area contributed by atoms with Crippen LogP contribution in [0, 0.1) is 24.0 Å². The van der Waals surface area contributed by atoms with Gasteiger partial charge in [0.2, 0.25) is 5.91 Å². The molecule has 1 aromatic carbocycles. The minimum atomic E-state index is -0.443. The Morgan fingerprint density at radius 2 is 2.06 bits per heavy atom. The van der Waals surface area contributed by atoms with Gasteiger partial charge in [-0.1, -0.05) is 0 Å². The van der Waals surface area contributed by atoms with Gasteiger partial charge >= 0.3 is 0 Å². The van der Waals surface area contributed by atoms with Crippen molar-refractivity contribution >= 4 is 11.6 Å². The molecular formula is C11H14N2O4. The summed E-state index contributed by atoms with van der Waals surface area (Å²) in [7, 11) is 0. The van der Waals surface area contributed by atoms with E-state index in [1.54, 1.807) is 19.9 Å². The quantitative estimate of drug-likeness (QED) is 0.620. The number of nitro groups is 1. The molecule has 0 aromatic heterocycles. The SMILES string of the molecule is Cc1cc([N+](=O)[O-])c(C)cc1OCCC(N)=O. The fraction of sp³-hybridized carbons (Fsp3) is 0.364. The molecule has 0 saturated carbocycles. The number of nitro benzene ring substituents is 1. The first kappa shape index (κ1) is 13.0. The second kappa shape index (κ2) is 5.29. The fourth-order valence-corrected chi connectivity index (χ4v) is 1.39. The molecule has 0 unspecified atom stereocenters. The second-order valence-electron chi connectivity index (χ2n) is 3.73. The Balaban J connectivity index is 2.84. The summed E-state index contributed by atoms with van der Waals surface area (Å²) in [6.45, 7) is 3.53. The molecule has 1 aromatic rings. The molecule has 0 aliphatic heterocycles. The third kappa shape index (κ3) is 3.44. The number of aryl methyl sites for hydroxylation is 2. The third-order valence-electron chi connectivity index (χ3n) is 2.30. The van der Waals surface area contributed by atoms with E-state index < -0.39 is 10.8 Å². The summed E-state index contributed by atoms with van der Waals surface area (Å²) in [6.07, 6.45) is 0.121. The molecule has 0 radical (unpaired) electrons. The van der Waals surface area contributed by atoms with E-state index in [1.165, 1.54) is 6.07 Å². The highest BCUT2D eigenvalue weighted by atomic mass is 16.6. The van der Waals surface area contributed by atoms with Crippen LogP contribution in [0.15, 0.2) is 12.1 Å². The standard InChI is InChI=1S/C11H14N2O4/c1-7-6-10(17-4-3-11(12)14)8(2)5-9(7)13(15)16/h5-6H,3-4H2,1-2H3,(H2,12,14). The molecule has 0 atom stereocenters. The number of hydrogen-bond acceptors (Lipinski definition) is 4. The molecule has 0 fully saturated rings. The molecule has 0 spiro atoms. The molecule has 1 amide bonds. The van der Waals surface area contributed by atoms with Gasteiger partial charge in [0.05, 0.1) is 18.0 Å². The average Bonchev–Trinajstić information content (AvgIpc) is 2.21. The van der Waals surface area contributed by atoms with Gasteiger partial charge in [0.25, 0.3) is 5.69 Å². The Kier molecular flexibility index (Phi) is 4.03. The molecule has 0 heterocycles. The van der Waals surface area contributed by atoms with Gasteiger partial charge in [-0.05, 0) is 25.5 Å². The lowest BCUT2D eigenvalue weighted by molar-refractivity contribution is -0.385. The normalized spacial score (nSPS) is 10.0. The maximum Gasteiger partial charge on any atom is 0.272 e. The van der Waals surface area contributed by atoms with Crippen LogP contribution in [-0.2, 0) is 4.79 Å². The minimum Gasteiger partial charge on any atom is -0.493 e. The minimum absolute atomic E-state index is 0.0600. The van der Waals surface area contributed by atoms with E-state index in [0.29, 0.717) is 16.9 Å². The number of amides is 1. The summed E-state index contributed by atoms with van der Waals surface area (Å²) in [5.74, 6) is 0.0932. The maximum atomic E-state index is 10.7. The third-order valence-corrected chi connectivity index (χ3v) is 2.30. The van der Waals surface area contributed by atoms with Gasteiger partial charge in [-0.3, -0.25) is 14.9 Å². The lowest BCUT2D eigenvalue weighted by atomic mass is 10.1. The van der Waals surface area contributed by atoms with Gasteiger partial charge in [0, 0.05) is 11.6 Å². The highest BCUT2D eigenvalue weighted by Gasteiger charge is 2.13.